The maximum absolute atomic E-state index is 5.72. The Kier molecular flexibility index (Phi) is 6.58. The molecular formula is C9H22O3Si. The van der Waals surface area contributed by atoms with Crippen molar-refractivity contribution >= 4 is 8.80 Å². The first-order valence-electron chi connectivity index (χ1n) is 4.87. The zero-order chi connectivity index (χ0) is 10.3. The molecule has 0 amide bonds. The Morgan fingerprint density at radius 2 is 1.69 bits per heavy atom. The second-order valence-electron chi connectivity index (χ2n) is 3.37. The first kappa shape index (κ1) is 13.1. The van der Waals surface area contributed by atoms with Gasteiger partial charge in [-0.2, -0.15) is 0 Å². The molecule has 0 spiro atoms. The van der Waals surface area contributed by atoms with Gasteiger partial charge in [0.1, 0.15) is 0 Å². The second-order valence-corrected chi connectivity index (χ2v) is 6.84. The molecule has 0 aliphatic rings. The Labute approximate surface area is 82.8 Å². The minimum atomic E-state index is -2.36. The lowest BCUT2D eigenvalue weighted by atomic mass is 10.4. The fourth-order valence-corrected chi connectivity index (χ4v) is 3.31. The zero-order valence-corrected chi connectivity index (χ0v) is 10.4. The van der Waals surface area contributed by atoms with E-state index < -0.39 is 8.80 Å². The molecule has 0 fully saturated rings. The third-order valence-electron chi connectivity index (χ3n) is 2.08. The van der Waals surface area contributed by atoms with Gasteiger partial charge in [0.15, 0.2) is 0 Å². The Morgan fingerprint density at radius 1 is 1.15 bits per heavy atom. The van der Waals surface area contributed by atoms with Crippen LogP contribution < -0.4 is 0 Å². The largest absolute Gasteiger partial charge is 0.503 e. The molecule has 0 N–H and O–H groups in total. The lowest BCUT2D eigenvalue weighted by Crippen LogP contribution is -2.47. The molecule has 0 aliphatic heterocycles. The van der Waals surface area contributed by atoms with Gasteiger partial charge in [-0.05, 0) is 6.42 Å². The molecule has 4 heteroatoms. The van der Waals surface area contributed by atoms with Crippen LogP contribution in [0.3, 0.4) is 0 Å². The van der Waals surface area contributed by atoms with Gasteiger partial charge in [0.2, 0.25) is 0 Å². The first-order valence-corrected chi connectivity index (χ1v) is 6.67. The van der Waals surface area contributed by atoms with E-state index in [9.17, 15) is 0 Å². The molecule has 0 atom stereocenters. The smallest absolute Gasteiger partial charge is 0.377 e. The first-order chi connectivity index (χ1) is 6.13. The van der Waals surface area contributed by atoms with Crippen molar-refractivity contribution in [3.8, 4) is 0 Å². The average Bonchev–Trinajstić information content (AvgIpc) is 2.13. The van der Waals surface area contributed by atoms with E-state index >= 15 is 0 Å². The highest BCUT2D eigenvalue weighted by molar-refractivity contribution is 6.62. The van der Waals surface area contributed by atoms with Crippen molar-refractivity contribution < 1.29 is 13.3 Å². The summed E-state index contributed by atoms with van der Waals surface area (Å²) in [6.45, 7) is 7.03. The van der Waals surface area contributed by atoms with E-state index in [0.717, 1.165) is 19.4 Å². The van der Waals surface area contributed by atoms with Crippen LogP contribution in [0.2, 0.25) is 5.54 Å². The van der Waals surface area contributed by atoms with Crippen molar-refractivity contribution in [2.45, 2.75) is 39.2 Å². The van der Waals surface area contributed by atoms with Crippen molar-refractivity contribution in [1.29, 1.82) is 0 Å². The van der Waals surface area contributed by atoms with Crippen molar-refractivity contribution in [3.63, 3.8) is 0 Å². The van der Waals surface area contributed by atoms with Crippen molar-refractivity contribution in [1.82, 2.24) is 0 Å². The summed E-state index contributed by atoms with van der Waals surface area (Å²) in [5.41, 5.74) is 0.319. The van der Waals surface area contributed by atoms with Crippen LogP contribution >= 0.6 is 0 Å². The van der Waals surface area contributed by atoms with Crippen LogP contribution in [-0.4, -0.2) is 29.6 Å². The van der Waals surface area contributed by atoms with Gasteiger partial charge in [-0.15, -0.1) is 0 Å². The Morgan fingerprint density at radius 3 is 2.00 bits per heavy atom. The molecule has 0 aliphatic carbocycles. The summed E-state index contributed by atoms with van der Waals surface area (Å²) in [5, 5.41) is 0. The number of unbranched alkanes of at least 4 members (excludes halogenated alkanes) is 1. The Bertz CT molecular complexity index is 124. The predicted octanol–water partition coefficient (Wildman–Crippen LogP) is 2.44. The minimum absolute atomic E-state index is 0.319. The molecule has 0 radical (unpaired) electrons. The van der Waals surface area contributed by atoms with E-state index in [-0.39, 0.29) is 0 Å². The second kappa shape index (κ2) is 6.54. The summed E-state index contributed by atoms with van der Waals surface area (Å²) in [6.07, 6.45) is 2.20. The predicted molar refractivity (Wildman–Crippen MR) is 55.7 cm³/mol. The van der Waals surface area contributed by atoms with Crippen molar-refractivity contribution in [2.24, 2.45) is 0 Å². The fraction of sp³-hybridized carbons (Fsp3) is 1.00. The fourth-order valence-electron chi connectivity index (χ4n) is 1.20. The summed E-state index contributed by atoms with van der Waals surface area (Å²) in [4.78, 5) is 0. The molecule has 3 nitrogen and oxygen atoms in total. The number of hydrogen-bond donors (Lipinski definition) is 0. The van der Waals surface area contributed by atoms with Gasteiger partial charge in [0.05, 0.1) is 0 Å². The van der Waals surface area contributed by atoms with Crippen LogP contribution in [-0.2, 0) is 13.3 Å². The summed E-state index contributed by atoms with van der Waals surface area (Å²) < 4.78 is 16.5. The highest BCUT2D eigenvalue weighted by Gasteiger charge is 2.42. The summed E-state index contributed by atoms with van der Waals surface area (Å²) in [7, 11) is 0.979. The SMILES string of the molecule is CCCCO[Si](OC)(OC)C(C)C. The standard InChI is InChI=1S/C9H22O3Si/c1-6-7-8-12-13(10-4,11-5)9(2)3/h9H,6-8H2,1-5H3. The third-order valence-corrected chi connectivity index (χ3v) is 5.24. The van der Waals surface area contributed by atoms with Crippen LogP contribution in [0.25, 0.3) is 0 Å². The quantitative estimate of drug-likeness (QED) is 0.473. The minimum Gasteiger partial charge on any atom is -0.377 e. The van der Waals surface area contributed by atoms with Crippen LogP contribution in [0.4, 0.5) is 0 Å². The molecule has 0 aromatic heterocycles. The van der Waals surface area contributed by atoms with E-state index in [1.165, 1.54) is 0 Å². The highest BCUT2D eigenvalue weighted by atomic mass is 28.4. The molecule has 13 heavy (non-hydrogen) atoms. The van der Waals surface area contributed by atoms with Crippen molar-refractivity contribution in [3.05, 3.63) is 0 Å². The maximum Gasteiger partial charge on any atom is 0.503 e. The van der Waals surface area contributed by atoms with Gasteiger partial charge in [-0.1, -0.05) is 27.2 Å². The molecule has 0 rings (SSSR count). The monoisotopic (exact) mass is 206 g/mol. The van der Waals surface area contributed by atoms with Gasteiger partial charge < -0.3 is 13.3 Å². The number of hydrogen-bond acceptors (Lipinski definition) is 3. The maximum atomic E-state index is 5.72. The van der Waals surface area contributed by atoms with Gasteiger partial charge in [-0.3, -0.25) is 0 Å². The van der Waals surface area contributed by atoms with Crippen molar-refractivity contribution in [2.75, 3.05) is 20.8 Å². The van der Waals surface area contributed by atoms with E-state index in [1.807, 2.05) is 0 Å². The lowest BCUT2D eigenvalue weighted by Gasteiger charge is -2.29. The highest BCUT2D eigenvalue weighted by Crippen LogP contribution is 2.23. The Balaban J connectivity index is 4.06. The van der Waals surface area contributed by atoms with Crippen LogP contribution in [0.5, 0.6) is 0 Å². The van der Waals surface area contributed by atoms with Crippen LogP contribution in [0, 0.1) is 0 Å². The number of rotatable bonds is 7. The summed E-state index contributed by atoms with van der Waals surface area (Å²) in [5.74, 6) is 0. The van der Waals surface area contributed by atoms with E-state index in [0.29, 0.717) is 5.54 Å². The van der Waals surface area contributed by atoms with E-state index in [1.54, 1.807) is 14.2 Å². The molecule has 0 saturated carbocycles. The van der Waals surface area contributed by atoms with E-state index in [2.05, 4.69) is 20.8 Å². The van der Waals surface area contributed by atoms with Crippen LogP contribution in [0.1, 0.15) is 33.6 Å². The average molecular weight is 206 g/mol. The zero-order valence-electron chi connectivity index (χ0n) is 9.42. The van der Waals surface area contributed by atoms with Gasteiger partial charge in [-0.25, -0.2) is 0 Å². The lowest BCUT2D eigenvalue weighted by molar-refractivity contribution is 0.0893. The van der Waals surface area contributed by atoms with Gasteiger partial charge in [0, 0.05) is 26.4 Å². The van der Waals surface area contributed by atoms with E-state index in [4.69, 9.17) is 13.3 Å². The summed E-state index contributed by atoms with van der Waals surface area (Å²) in [6, 6.07) is 0. The van der Waals surface area contributed by atoms with Crippen LogP contribution in [0.15, 0.2) is 0 Å². The molecular weight excluding hydrogens is 184 g/mol. The van der Waals surface area contributed by atoms with Gasteiger partial charge >= 0.3 is 8.80 Å². The molecule has 0 heterocycles. The molecule has 80 valence electrons. The molecule has 0 unspecified atom stereocenters. The molecule has 0 bridgehead atoms. The normalized spacial score (nSPS) is 12.5. The molecule has 0 saturated heterocycles. The summed E-state index contributed by atoms with van der Waals surface area (Å²) >= 11 is 0. The topological polar surface area (TPSA) is 27.7 Å². The Hall–Kier alpha value is 0.0969. The third kappa shape index (κ3) is 3.77. The molecule has 0 aromatic carbocycles. The molecule has 0 aromatic rings. The van der Waals surface area contributed by atoms with Gasteiger partial charge in [0.25, 0.3) is 0 Å².